The number of aromatic nitrogens is 2. The summed E-state index contributed by atoms with van der Waals surface area (Å²) in [6.07, 6.45) is 1.73. The highest BCUT2D eigenvalue weighted by atomic mass is 16.5. The average molecular weight is 375 g/mol. The molecule has 0 aliphatic carbocycles. The third kappa shape index (κ3) is 4.90. The first-order valence-electron chi connectivity index (χ1n) is 9.10. The van der Waals surface area contributed by atoms with Gasteiger partial charge in [0, 0.05) is 38.2 Å². The van der Waals surface area contributed by atoms with Gasteiger partial charge in [0.15, 0.2) is 22.8 Å². The molecule has 0 saturated carbocycles. The van der Waals surface area contributed by atoms with Gasteiger partial charge in [-0.15, -0.1) is 0 Å². The van der Waals surface area contributed by atoms with Crippen molar-refractivity contribution in [3.63, 3.8) is 0 Å². The maximum Gasteiger partial charge on any atom is 0.216 e. The van der Waals surface area contributed by atoms with Gasteiger partial charge in [-0.25, -0.2) is 4.98 Å². The Morgan fingerprint density at radius 2 is 1.81 bits per heavy atom. The number of ether oxygens (including phenoxy) is 2. The van der Waals surface area contributed by atoms with Gasteiger partial charge >= 0.3 is 0 Å². The summed E-state index contributed by atoms with van der Waals surface area (Å²) in [5, 5.41) is 14.6. The molecule has 0 bridgehead atoms. The van der Waals surface area contributed by atoms with E-state index in [-0.39, 0.29) is 11.9 Å². The van der Waals surface area contributed by atoms with Crippen LogP contribution in [0.2, 0.25) is 0 Å². The number of nitrogens with zero attached hydrogens (tertiary/aromatic N) is 2. The Morgan fingerprint density at radius 1 is 1.19 bits per heavy atom. The van der Waals surface area contributed by atoms with Crippen molar-refractivity contribution in [1.82, 2.24) is 14.9 Å². The fourth-order valence-electron chi connectivity index (χ4n) is 2.93. The molecule has 2 rings (SSSR count). The lowest BCUT2D eigenvalue weighted by atomic mass is 10.2. The van der Waals surface area contributed by atoms with Gasteiger partial charge in [0.05, 0.1) is 25.3 Å². The van der Waals surface area contributed by atoms with Gasteiger partial charge in [0.2, 0.25) is 5.91 Å². The zero-order valence-corrected chi connectivity index (χ0v) is 16.7. The summed E-state index contributed by atoms with van der Waals surface area (Å²) >= 11 is 0. The topological polar surface area (TPSA) is 101 Å². The molecule has 0 aliphatic rings. The van der Waals surface area contributed by atoms with Crippen LogP contribution in [0.5, 0.6) is 11.5 Å². The van der Waals surface area contributed by atoms with Crippen molar-refractivity contribution in [2.45, 2.75) is 39.7 Å². The number of nitrogens with one attached hydrogen (secondary N) is 3. The zero-order chi connectivity index (χ0) is 20.0. The first-order chi connectivity index (χ1) is 12.9. The fraction of sp³-hybridized carbons (Fsp3) is 0.526. The van der Waals surface area contributed by atoms with E-state index in [4.69, 9.17) is 14.9 Å². The summed E-state index contributed by atoms with van der Waals surface area (Å²) < 4.78 is 12.7. The van der Waals surface area contributed by atoms with E-state index in [2.05, 4.69) is 15.6 Å². The number of anilines is 1. The van der Waals surface area contributed by atoms with Crippen LogP contribution < -0.4 is 25.6 Å². The van der Waals surface area contributed by atoms with Gasteiger partial charge < -0.3 is 24.7 Å². The summed E-state index contributed by atoms with van der Waals surface area (Å²) in [6.45, 7) is 6.91. The Hall–Kier alpha value is -2.77. The number of amides is 1. The van der Waals surface area contributed by atoms with E-state index in [0.29, 0.717) is 35.9 Å². The molecule has 0 spiro atoms. The number of unbranched alkanes of at least 4 members (excludes halogenated alkanes) is 1. The second-order valence-electron chi connectivity index (χ2n) is 6.59. The van der Waals surface area contributed by atoms with Gasteiger partial charge in [-0.05, 0) is 26.7 Å². The lowest BCUT2D eigenvalue weighted by molar-refractivity contribution is -0.118. The quantitative estimate of drug-likeness (QED) is 0.585. The smallest absolute Gasteiger partial charge is 0.216 e. The van der Waals surface area contributed by atoms with Crippen molar-refractivity contribution >= 4 is 22.8 Å². The molecule has 0 aliphatic heterocycles. The molecule has 8 heteroatoms. The molecule has 0 unspecified atom stereocenters. The van der Waals surface area contributed by atoms with Crippen LogP contribution in [0.15, 0.2) is 12.1 Å². The van der Waals surface area contributed by atoms with Crippen LogP contribution >= 0.6 is 0 Å². The number of hydrogen-bond acceptors (Lipinski definition) is 6. The number of hydrogen-bond donors (Lipinski definition) is 3. The van der Waals surface area contributed by atoms with Gasteiger partial charge in [0.1, 0.15) is 0 Å². The van der Waals surface area contributed by atoms with E-state index in [0.717, 1.165) is 23.9 Å². The average Bonchev–Trinajstić information content (AvgIpc) is 2.63. The molecule has 8 nitrogen and oxygen atoms in total. The molecular formula is C19H29N5O3. The van der Waals surface area contributed by atoms with Crippen LogP contribution in [-0.4, -0.2) is 42.8 Å². The maximum absolute atomic E-state index is 10.9. The Balaban J connectivity index is 2.30. The highest BCUT2D eigenvalue weighted by molar-refractivity contribution is 5.81. The first kappa shape index (κ1) is 20.5. The number of rotatable bonds is 9. The minimum Gasteiger partial charge on any atom is -0.493 e. The molecule has 0 saturated heterocycles. The molecule has 1 heterocycles. The van der Waals surface area contributed by atoms with E-state index in [1.807, 2.05) is 30.5 Å². The standard InChI is InChI=1S/C19H29N5O3/c1-12(2)24-15-11-17(27-5)16(26-4)10-14(15)23-19(18(24)20)22-9-7-6-8-21-13(3)25/h10-12,20H,6-9H2,1-5H3,(H,21,25)(H,22,23). The summed E-state index contributed by atoms with van der Waals surface area (Å²) in [5.41, 5.74) is 1.88. The van der Waals surface area contributed by atoms with Crippen LogP contribution in [0.4, 0.5) is 5.82 Å². The highest BCUT2D eigenvalue weighted by Gasteiger charge is 2.15. The molecule has 1 aromatic heterocycles. The first-order valence-corrected chi connectivity index (χ1v) is 9.10. The molecular weight excluding hydrogens is 346 g/mol. The van der Waals surface area contributed by atoms with Gasteiger partial charge in [-0.3, -0.25) is 10.2 Å². The van der Waals surface area contributed by atoms with Crippen molar-refractivity contribution in [3.8, 4) is 11.5 Å². The number of methoxy groups -OCH3 is 2. The second kappa shape index (κ2) is 9.25. The SMILES string of the molecule is COc1cc2nc(NCCCCNC(C)=O)c(=N)n(C(C)C)c2cc1OC. The van der Waals surface area contributed by atoms with E-state index in [1.165, 1.54) is 6.92 Å². The van der Waals surface area contributed by atoms with Gasteiger partial charge in [0.25, 0.3) is 0 Å². The molecule has 3 N–H and O–H groups in total. The lowest BCUT2D eigenvalue weighted by Gasteiger charge is -2.19. The lowest BCUT2D eigenvalue weighted by Crippen LogP contribution is -2.27. The van der Waals surface area contributed by atoms with Crippen molar-refractivity contribution < 1.29 is 14.3 Å². The Morgan fingerprint density at radius 3 is 2.41 bits per heavy atom. The zero-order valence-electron chi connectivity index (χ0n) is 16.7. The van der Waals surface area contributed by atoms with Crippen molar-refractivity contribution in [1.29, 1.82) is 5.41 Å². The molecule has 27 heavy (non-hydrogen) atoms. The molecule has 0 atom stereocenters. The Labute approximate surface area is 159 Å². The van der Waals surface area contributed by atoms with Crippen LogP contribution in [0.1, 0.15) is 39.7 Å². The largest absolute Gasteiger partial charge is 0.493 e. The van der Waals surface area contributed by atoms with E-state index < -0.39 is 0 Å². The van der Waals surface area contributed by atoms with E-state index in [1.54, 1.807) is 14.2 Å². The second-order valence-corrected chi connectivity index (χ2v) is 6.59. The highest BCUT2D eigenvalue weighted by Crippen LogP contribution is 2.32. The molecule has 148 valence electrons. The normalized spacial score (nSPS) is 10.9. The predicted molar refractivity (Wildman–Crippen MR) is 105 cm³/mol. The Bertz CT molecular complexity index is 861. The molecule has 1 aromatic carbocycles. The minimum absolute atomic E-state index is 0.0186. The van der Waals surface area contributed by atoms with Crippen LogP contribution in [0, 0.1) is 5.41 Å². The Kier molecular flexibility index (Phi) is 7.04. The van der Waals surface area contributed by atoms with Crippen molar-refractivity contribution in [3.05, 3.63) is 17.6 Å². The van der Waals surface area contributed by atoms with E-state index >= 15 is 0 Å². The summed E-state index contributed by atoms with van der Waals surface area (Å²) in [5.74, 6) is 1.73. The minimum atomic E-state index is -0.0186. The summed E-state index contributed by atoms with van der Waals surface area (Å²) in [4.78, 5) is 15.5. The van der Waals surface area contributed by atoms with Crippen LogP contribution in [0.3, 0.4) is 0 Å². The van der Waals surface area contributed by atoms with Crippen LogP contribution in [0.25, 0.3) is 11.0 Å². The number of fused-ring (bicyclic) bond motifs is 1. The van der Waals surface area contributed by atoms with Gasteiger partial charge in [-0.1, -0.05) is 0 Å². The number of carbonyl (C=O) groups excluding carboxylic acids is 1. The van der Waals surface area contributed by atoms with Gasteiger partial charge in [-0.2, -0.15) is 0 Å². The monoisotopic (exact) mass is 375 g/mol. The maximum atomic E-state index is 10.9. The number of benzene rings is 1. The van der Waals surface area contributed by atoms with Crippen molar-refractivity contribution in [2.75, 3.05) is 32.6 Å². The molecule has 0 fully saturated rings. The third-order valence-corrected chi connectivity index (χ3v) is 4.22. The molecule has 0 radical (unpaired) electrons. The van der Waals surface area contributed by atoms with E-state index in [9.17, 15) is 4.79 Å². The predicted octanol–water partition coefficient (Wildman–Crippen LogP) is 2.44. The fourth-order valence-corrected chi connectivity index (χ4v) is 2.93. The van der Waals surface area contributed by atoms with Crippen LogP contribution in [-0.2, 0) is 4.79 Å². The molecule has 1 amide bonds. The third-order valence-electron chi connectivity index (χ3n) is 4.22. The van der Waals surface area contributed by atoms with Crippen molar-refractivity contribution in [2.24, 2.45) is 0 Å². The summed E-state index contributed by atoms with van der Waals surface area (Å²) in [6, 6.07) is 3.77. The summed E-state index contributed by atoms with van der Waals surface area (Å²) in [7, 11) is 3.18. The molecule has 2 aromatic rings. The number of carbonyl (C=O) groups is 1.